The van der Waals surface area contributed by atoms with Gasteiger partial charge in [0.05, 0.1) is 12.2 Å². The first kappa shape index (κ1) is 9.78. The maximum atomic E-state index is 4.66. The molecule has 0 amide bonds. The van der Waals surface area contributed by atoms with Gasteiger partial charge in [0.25, 0.3) is 0 Å². The molecule has 3 rings (SSSR count). The van der Waals surface area contributed by atoms with Crippen LogP contribution in [0.2, 0.25) is 0 Å². The standard InChI is InChI=1S/C12H16N4/c1-15-4-6-16(7-5-15)12-3-2-10-8-13-9-11(10)14-12/h2-3,9H,4-8H2,1H3. The highest BCUT2D eigenvalue weighted by Gasteiger charge is 2.17. The zero-order valence-electron chi connectivity index (χ0n) is 9.56. The van der Waals surface area contributed by atoms with Crippen molar-refractivity contribution in [3.05, 3.63) is 23.4 Å². The van der Waals surface area contributed by atoms with Gasteiger partial charge in [0.15, 0.2) is 0 Å². The number of aromatic nitrogens is 1. The molecule has 2 aliphatic rings. The monoisotopic (exact) mass is 216 g/mol. The molecule has 4 heteroatoms. The highest BCUT2D eigenvalue weighted by atomic mass is 15.3. The van der Waals surface area contributed by atoms with Crippen molar-refractivity contribution in [3.63, 3.8) is 0 Å². The fourth-order valence-corrected chi connectivity index (χ4v) is 2.18. The van der Waals surface area contributed by atoms with E-state index < -0.39 is 0 Å². The molecule has 84 valence electrons. The van der Waals surface area contributed by atoms with Gasteiger partial charge in [0.1, 0.15) is 5.82 Å². The summed E-state index contributed by atoms with van der Waals surface area (Å²) < 4.78 is 0. The zero-order chi connectivity index (χ0) is 11.0. The van der Waals surface area contributed by atoms with Crippen molar-refractivity contribution in [1.29, 1.82) is 0 Å². The molecule has 0 atom stereocenters. The topological polar surface area (TPSA) is 31.7 Å². The van der Waals surface area contributed by atoms with E-state index in [0.29, 0.717) is 0 Å². The third kappa shape index (κ3) is 1.69. The SMILES string of the molecule is CN1CCN(c2ccc3c(n2)C=NC3)CC1. The predicted molar refractivity (Wildman–Crippen MR) is 65.2 cm³/mol. The van der Waals surface area contributed by atoms with Gasteiger partial charge in [-0.15, -0.1) is 0 Å². The minimum Gasteiger partial charge on any atom is -0.354 e. The Labute approximate surface area is 95.6 Å². The molecule has 0 aliphatic carbocycles. The molecular weight excluding hydrogens is 200 g/mol. The van der Waals surface area contributed by atoms with Crippen LogP contribution in [0.3, 0.4) is 0 Å². The molecule has 0 saturated carbocycles. The van der Waals surface area contributed by atoms with Crippen molar-refractivity contribution in [1.82, 2.24) is 9.88 Å². The Morgan fingerprint density at radius 3 is 2.75 bits per heavy atom. The average Bonchev–Trinajstić information content (AvgIpc) is 2.77. The summed E-state index contributed by atoms with van der Waals surface area (Å²) in [6.45, 7) is 5.17. The molecule has 1 fully saturated rings. The first-order valence-electron chi connectivity index (χ1n) is 5.76. The first-order valence-corrected chi connectivity index (χ1v) is 5.76. The molecule has 4 nitrogen and oxygen atoms in total. The molecule has 0 unspecified atom stereocenters. The van der Waals surface area contributed by atoms with E-state index in [1.807, 2.05) is 6.21 Å². The number of anilines is 1. The van der Waals surface area contributed by atoms with Crippen molar-refractivity contribution in [2.75, 3.05) is 38.1 Å². The number of piperazine rings is 1. The number of fused-ring (bicyclic) bond motifs is 1. The second-order valence-electron chi connectivity index (χ2n) is 4.47. The number of hydrogen-bond donors (Lipinski definition) is 0. The summed E-state index contributed by atoms with van der Waals surface area (Å²) in [5, 5.41) is 0. The Balaban J connectivity index is 1.82. The van der Waals surface area contributed by atoms with Gasteiger partial charge >= 0.3 is 0 Å². The fourth-order valence-electron chi connectivity index (χ4n) is 2.18. The van der Waals surface area contributed by atoms with Crippen molar-refractivity contribution >= 4 is 12.0 Å². The van der Waals surface area contributed by atoms with Crippen LogP contribution < -0.4 is 4.90 Å². The Bertz CT molecular complexity index is 419. The van der Waals surface area contributed by atoms with Gasteiger partial charge in [0.2, 0.25) is 0 Å². The van der Waals surface area contributed by atoms with Gasteiger partial charge in [-0.05, 0) is 13.1 Å². The quantitative estimate of drug-likeness (QED) is 0.695. The lowest BCUT2D eigenvalue weighted by molar-refractivity contribution is 0.312. The van der Waals surface area contributed by atoms with Crippen LogP contribution in [0.25, 0.3) is 0 Å². The van der Waals surface area contributed by atoms with Crippen molar-refractivity contribution in [2.45, 2.75) is 6.54 Å². The molecule has 0 radical (unpaired) electrons. The molecule has 1 saturated heterocycles. The molecule has 0 spiro atoms. The fraction of sp³-hybridized carbons (Fsp3) is 0.500. The number of hydrogen-bond acceptors (Lipinski definition) is 4. The summed E-state index contributed by atoms with van der Waals surface area (Å²) in [6.07, 6.45) is 1.88. The summed E-state index contributed by atoms with van der Waals surface area (Å²) >= 11 is 0. The zero-order valence-corrected chi connectivity index (χ0v) is 9.56. The molecule has 0 aromatic carbocycles. The maximum absolute atomic E-state index is 4.66. The Morgan fingerprint density at radius 1 is 1.12 bits per heavy atom. The van der Waals surface area contributed by atoms with Crippen LogP contribution in [0, 0.1) is 0 Å². The molecule has 1 aromatic heterocycles. The minimum absolute atomic E-state index is 0.797. The van der Waals surface area contributed by atoms with Gasteiger partial charge < -0.3 is 9.80 Å². The average molecular weight is 216 g/mol. The highest BCUT2D eigenvalue weighted by Crippen LogP contribution is 2.19. The van der Waals surface area contributed by atoms with E-state index in [-0.39, 0.29) is 0 Å². The third-order valence-corrected chi connectivity index (χ3v) is 3.30. The molecule has 3 heterocycles. The summed E-state index contributed by atoms with van der Waals surface area (Å²) in [4.78, 5) is 13.6. The summed E-state index contributed by atoms with van der Waals surface area (Å²) in [7, 11) is 2.17. The van der Waals surface area contributed by atoms with E-state index in [0.717, 1.165) is 44.2 Å². The largest absolute Gasteiger partial charge is 0.354 e. The lowest BCUT2D eigenvalue weighted by Crippen LogP contribution is -2.44. The summed E-state index contributed by atoms with van der Waals surface area (Å²) in [6, 6.07) is 4.28. The molecule has 16 heavy (non-hydrogen) atoms. The van der Waals surface area contributed by atoms with E-state index >= 15 is 0 Å². The smallest absolute Gasteiger partial charge is 0.129 e. The van der Waals surface area contributed by atoms with Crippen LogP contribution in [0.5, 0.6) is 0 Å². The second-order valence-corrected chi connectivity index (χ2v) is 4.47. The van der Waals surface area contributed by atoms with Crippen molar-refractivity contribution in [3.8, 4) is 0 Å². The van der Waals surface area contributed by atoms with Crippen LogP contribution in [-0.4, -0.2) is 49.3 Å². The first-order chi connectivity index (χ1) is 7.83. The number of nitrogens with zero attached hydrogens (tertiary/aromatic N) is 4. The van der Waals surface area contributed by atoms with Crippen LogP contribution in [0.4, 0.5) is 5.82 Å². The molecule has 0 bridgehead atoms. The lowest BCUT2D eigenvalue weighted by atomic mass is 10.2. The van der Waals surface area contributed by atoms with Gasteiger partial charge in [-0.25, -0.2) is 4.98 Å². The molecule has 1 aromatic rings. The number of aliphatic imine (C=N–C) groups is 1. The Hall–Kier alpha value is -1.42. The van der Waals surface area contributed by atoms with Gasteiger partial charge in [-0.2, -0.15) is 0 Å². The van der Waals surface area contributed by atoms with Crippen molar-refractivity contribution in [2.24, 2.45) is 4.99 Å². The van der Waals surface area contributed by atoms with Crippen LogP contribution in [0.1, 0.15) is 11.3 Å². The van der Waals surface area contributed by atoms with E-state index in [1.54, 1.807) is 0 Å². The molecular formula is C12H16N4. The number of likely N-dealkylation sites (N-methyl/N-ethyl adjacent to an activating group) is 1. The van der Waals surface area contributed by atoms with E-state index in [4.69, 9.17) is 0 Å². The van der Waals surface area contributed by atoms with E-state index in [2.05, 4.69) is 39.0 Å². The van der Waals surface area contributed by atoms with Crippen LogP contribution >= 0.6 is 0 Å². The summed E-state index contributed by atoms with van der Waals surface area (Å²) in [5.41, 5.74) is 2.30. The number of rotatable bonds is 1. The van der Waals surface area contributed by atoms with Gasteiger partial charge in [-0.3, -0.25) is 4.99 Å². The van der Waals surface area contributed by atoms with Gasteiger partial charge in [-0.1, -0.05) is 6.07 Å². The minimum atomic E-state index is 0.797. The Morgan fingerprint density at radius 2 is 1.94 bits per heavy atom. The maximum Gasteiger partial charge on any atom is 0.129 e. The predicted octanol–water partition coefficient (Wildman–Crippen LogP) is 0.766. The van der Waals surface area contributed by atoms with Crippen LogP contribution in [-0.2, 0) is 6.54 Å². The molecule has 0 N–H and O–H groups in total. The lowest BCUT2D eigenvalue weighted by Gasteiger charge is -2.33. The highest BCUT2D eigenvalue weighted by molar-refractivity contribution is 5.82. The van der Waals surface area contributed by atoms with Gasteiger partial charge in [0, 0.05) is 38.0 Å². The third-order valence-electron chi connectivity index (χ3n) is 3.30. The Kier molecular flexibility index (Phi) is 2.36. The van der Waals surface area contributed by atoms with Crippen LogP contribution in [0.15, 0.2) is 17.1 Å². The summed E-state index contributed by atoms with van der Waals surface area (Å²) in [5.74, 6) is 1.10. The number of pyridine rings is 1. The van der Waals surface area contributed by atoms with E-state index in [1.165, 1.54) is 5.56 Å². The normalized spacial score (nSPS) is 20.2. The molecule has 2 aliphatic heterocycles. The second kappa shape index (κ2) is 3.87. The van der Waals surface area contributed by atoms with Crippen molar-refractivity contribution < 1.29 is 0 Å². The van der Waals surface area contributed by atoms with E-state index in [9.17, 15) is 0 Å².